The fourth-order valence-electron chi connectivity index (χ4n) is 2.06. The van der Waals surface area contributed by atoms with Crippen molar-refractivity contribution in [2.75, 3.05) is 25.0 Å². The minimum Gasteiger partial charge on any atom is -0.492 e. The van der Waals surface area contributed by atoms with Crippen molar-refractivity contribution in [3.05, 3.63) is 64.7 Å². The van der Waals surface area contributed by atoms with Crippen molar-refractivity contribution >= 4 is 17.3 Å². The quantitative estimate of drug-likeness (QED) is 0.419. The maximum absolute atomic E-state index is 11.7. The summed E-state index contributed by atoms with van der Waals surface area (Å²) in [6, 6.07) is 15.7. The minimum atomic E-state index is -0.455. The van der Waals surface area contributed by atoms with Gasteiger partial charge in [0.05, 0.1) is 11.5 Å². The number of nitro benzene ring substituents is 1. The first-order valence-corrected chi connectivity index (χ1v) is 7.58. The van der Waals surface area contributed by atoms with Crippen molar-refractivity contribution in [2.24, 2.45) is 0 Å². The van der Waals surface area contributed by atoms with Crippen LogP contribution >= 0.6 is 0 Å². The molecule has 0 unspecified atom stereocenters. The van der Waals surface area contributed by atoms with E-state index in [0.717, 1.165) is 5.75 Å². The molecular formula is C17H19N3O4. The number of hydrogen-bond donors (Lipinski definition) is 2. The number of nitrogens with one attached hydrogen (secondary N) is 2. The molecule has 0 bridgehead atoms. The molecule has 0 aromatic heterocycles. The van der Waals surface area contributed by atoms with Crippen molar-refractivity contribution in [3.8, 4) is 5.75 Å². The van der Waals surface area contributed by atoms with Gasteiger partial charge in [-0.2, -0.15) is 0 Å². The van der Waals surface area contributed by atoms with E-state index in [9.17, 15) is 14.9 Å². The predicted octanol–water partition coefficient (Wildman–Crippen LogP) is 2.59. The standard InChI is InChI=1S/C17H19N3O4/c21-17(19-12-13-24-14-6-2-1-3-7-14)10-11-18-15-8-4-5-9-16(15)20(22)23/h1-9,18H,10-13H2,(H,19,21). The van der Waals surface area contributed by atoms with Gasteiger partial charge in [0.2, 0.25) is 5.91 Å². The average molecular weight is 329 g/mol. The third kappa shape index (κ3) is 5.60. The number of nitrogens with zero attached hydrogens (tertiary/aromatic N) is 1. The molecule has 7 nitrogen and oxygen atoms in total. The lowest BCUT2D eigenvalue weighted by Gasteiger charge is -2.09. The van der Waals surface area contributed by atoms with Crippen molar-refractivity contribution in [2.45, 2.75) is 6.42 Å². The summed E-state index contributed by atoms with van der Waals surface area (Å²) in [7, 11) is 0. The Morgan fingerprint density at radius 3 is 2.50 bits per heavy atom. The highest BCUT2D eigenvalue weighted by Gasteiger charge is 2.11. The number of benzene rings is 2. The van der Waals surface area contributed by atoms with Gasteiger partial charge >= 0.3 is 0 Å². The van der Waals surface area contributed by atoms with E-state index in [1.807, 2.05) is 30.3 Å². The van der Waals surface area contributed by atoms with E-state index < -0.39 is 4.92 Å². The maximum atomic E-state index is 11.7. The van der Waals surface area contributed by atoms with E-state index in [-0.39, 0.29) is 18.0 Å². The highest BCUT2D eigenvalue weighted by molar-refractivity contribution is 5.76. The Kier molecular flexibility index (Phi) is 6.58. The van der Waals surface area contributed by atoms with Gasteiger partial charge in [-0.25, -0.2) is 0 Å². The van der Waals surface area contributed by atoms with Crippen molar-refractivity contribution in [1.82, 2.24) is 5.32 Å². The lowest BCUT2D eigenvalue weighted by molar-refractivity contribution is -0.384. The smallest absolute Gasteiger partial charge is 0.292 e. The number of hydrogen-bond acceptors (Lipinski definition) is 5. The number of ether oxygens (including phenoxy) is 1. The van der Waals surface area contributed by atoms with E-state index >= 15 is 0 Å². The van der Waals surface area contributed by atoms with Crippen LogP contribution in [0.25, 0.3) is 0 Å². The number of carbonyl (C=O) groups is 1. The van der Waals surface area contributed by atoms with Crippen LogP contribution in [0.4, 0.5) is 11.4 Å². The summed E-state index contributed by atoms with van der Waals surface area (Å²) in [5, 5.41) is 16.5. The first-order chi connectivity index (χ1) is 11.7. The summed E-state index contributed by atoms with van der Waals surface area (Å²) < 4.78 is 5.47. The Morgan fingerprint density at radius 2 is 1.75 bits per heavy atom. The molecule has 7 heteroatoms. The fourth-order valence-corrected chi connectivity index (χ4v) is 2.06. The summed E-state index contributed by atoms with van der Waals surface area (Å²) >= 11 is 0. The molecule has 0 saturated carbocycles. The molecule has 1 amide bonds. The molecule has 0 spiro atoms. The molecule has 0 fully saturated rings. The highest BCUT2D eigenvalue weighted by atomic mass is 16.6. The van der Waals surface area contributed by atoms with Crippen LogP contribution in [0, 0.1) is 10.1 Å². The Morgan fingerprint density at radius 1 is 1.04 bits per heavy atom. The maximum Gasteiger partial charge on any atom is 0.292 e. The first-order valence-electron chi connectivity index (χ1n) is 7.58. The van der Waals surface area contributed by atoms with Gasteiger partial charge < -0.3 is 15.4 Å². The average Bonchev–Trinajstić information content (AvgIpc) is 2.60. The Bertz CT molecular complexity index is 677. The zero-order chi connectivity index (χ0) is 17.2. The minimum absolute atomic E-state index is 0.00540. The van der Waals surface area contributed by atoms with Crippen molar-refractivity contribution in [3.63, 3.8) is 0 Å². The van der Waals surface area contributed by atoms with E-state index in [4.69, 9.17) is 4.74 Å². The van der Waals surface area contributed by atoms with Gasteiger partial charge in [0.15, 0.2) is 0 Å². The molecule has 2 aromatic rings. The molecule has 2 aromatic carbocycles. The van der Waals surface area contributed by atoms with Crippen molar-refractivity contribution in [1.29, 1.82) is 0 Å². The molecular weight excluding hydrogens is 310 g/mol. The third-order valence-corrected chi connectivity index (χ3v) is 3.20. The Balaban J connectivity index is 1.64. The third-order valence-electron chi connectivity index (χ3n) is 3.20. The second kappa shape index (κ2) is 9.14. The zero-order valence-electron chi connectivity index (χ0n) is 13.1. The molecule has 0 atom stereocenters. The fraction of sp³-hybridized carbons (Fsp3) is 0.235. The topological polar surface area (TPSA) is 93.5 Å². The molecule has 0 aliphatic rings. The predicted molar refractivity (Wildman–Crippen MR) is 91.1 cm³/mol. The normalized spacial score (nSPS) is 10.0. The Labute approximate surface area is 139 Å². The Hall–Kier alpha value is -3.09. The van der Waals surface area contributed by atoms with Gasteiger partial charge in [0, 0.05) is 19.0 Å². The summed E-state index contributed by atoms with van der Waals surface area (Å²) in [5.74, 6) is 0.613. The van der Waals surface area contributed by atoms with E-state index in [0.29, 0.717) is 25.4 Å². The highest BCUT2D eigenvalue weighted by Crippen LogP contribution is 2.22. The van der Waals surface area contributed by atoms with Gasteiger partial charge in [-0.3, -0.25) is 14.9 Å². The number of anilines is 1. The van der Waals surface area contributed by atoms with Crippen LogP contribution in [0.3, 0.4) is 0 Å². The van der Waals surface area contributed by atoms with E-state index in [1.54, 1.807) is 18.2 Å². The summed E-state index contributed by atoms with van der Waals surface area (Å²) in [5.41, 5.74) is 0.400. The van der Waals surface area contributed by atoms with Gasteiger partial charge in [-0.05, 0) is 18.2 Å². The van der Waals surface area contributed by atoms with Crippen LogP contribution in [-0.2, 0) is 4.79 Å². The van der Waals surface area contributed by atoms with Crippen LogP contribution in [-0.4, -0.2) is 30.5 Å². The van der Waals surface area contributed by atoms with E-state index in [1.165, 1.54) is 6.07 Å². The first kappa shape index (κ1) is 17.3. The molecule has 0 aliphatic carbocycles. The molecule has 0 heterocycles. The second-order valence-electron chi connectivity index (χ2n) is 4.96. The summed E-state index contributed by atoms with van der Waals surface area (Å²) in [6.07, 6.45) is 0.220. The van der Waals surface area contributed by atoms with Gasteiger partial charge in [-0.1, -0.05) is 30.3 Å². The van der Waals surface area contributed by atoms with Crippen molar-refractivity contribution < 1.29 is 14.5 Å². The number of para-hydroxylation sites is 3. The van der Waals surface area contributed by atoms with Crippen LogP contribution in [0.1, 0.15) is 6.42 Å². The molecule has 0 radical (unpaired) electrons. The number of carbonyl (C=O) groups excluding carboxylic acids is 1. The van der Waals surface area contributed by atoms with Gasteiger partial charge in [0.1, 0.15) is 18.0 Å². The molecule has 24 heavy (non-hydrogen) atoms. The van der Waals surface area contributed by atoms with Crippen LogP contribution in [0.5, 0.6) is 5.75 Å². The number of nitro groups is 1. The summed E-state index contributed by atoms with van der Waals surface area (Å²) in [4.78, 5) is 22.2. The second-order valence-corrected chi connectivity index (χ2v) is 4.96. The van der Waals surface area contributed by atoms with Crippen LogP contribution < -0.4 is 15.4 Å². The molecule has 126 valence electrons. The number of rotatable bonds is 9. The molecule has 2 N–H and O–H groups in total. The molecule has 0 saturated heterocycles. The lowest BCUT2D eigenvalue weighted by atomic mass is 10.2. The summed E-state index contributed by atoms with van der Waals surface area (Å²) in [6.45, 7) is 1.10. The van der Waals surface area contributed by atoms with Crippen LogP contribution in [0.15, 0.2) is 54.6 Å². The van der Waals surface area contributed by atoms with Crippen LogP contribution in [0.2, 0.25) is 0 Å². The monoisotopic (exact) mass is 329 g/mol. The number of amides is 1. The van der Waals surface area contributed by atoms with Gasteiger partial charge in [-0.15, -0.1) is 0 Å². The lowest BCUT2D eigenvalue weighted by Crippen LogP contribution is -2.29. The zero-order valence-corrected chi connectivity index (χ0v) is 13.1. The SMILES string of the molecule is O=C(CCNc1ccccc1[N+](=O)[O-])NCCOc1ccccc1. The molecule has 2 rings (SSSR count). The van der Waals surface area contributed by atoms with E-state index in [2.05, 4.69) is 10.6 Å². The molecule has 0 aliphatic heterocycles. The largest absolute Gasteiger partial charge is 0.492 e. The van der Waals surface area contributed by atoms with Gasteiger partial charge in [0.25, 0.3) is 5.69 Å².